The molecule has 182 valence electrons. The van der Waals surface area contributed by atoms with Crippen LogP contribution in [0.25, 0.3) is 0 Å². The molecule has 0 radical (unpaired) electrons. The topological polar surface area (TPSA) is 115 Å². The Bertz CT molecular complexity index is 1240. The fraction of sp³-hybridized carbons (Fsp3) is 0.136. The third-order valence-corrected chi connectivity index (χ3v) is 5.80. The molecule has 0 saturated heterocycles. The molecule has 0 aromatic heterocycles. The van der Waals surface area contributed by atoms with Crippen molar-refractivity contribution in [3.63, 3.8) is 0 Å². The summed E-state index contributed by atoms with van der Waals surface area (Å²) >= 11 is 0. The molecule has 0 heterocycles. The minimum atomic E-state index is -5.04. The van der Waals surface area contributed by atoms with Crippen molar-refractivity contribution in [2.75, 3.05) is 11.3 Å². The van der Waals surface area contributed by atoms with Crippen molar-refractivity contribution in [2.45, 2.75) is 17.7 Å². The molecule has 0 aliphatic heterocycles. The molecule has 0 bridgehead atoms. The van der Waals surface area contributed by atoms with Crippen LogP contribution >= 0.6 is 12.4 Å². The number of alkyl halides is 3. The van der Waals surface area contributed by atoms with Gasteiger partial charge in [0.1, 0.15) is 22.2 Å². The van der Waals surface area contributed by atoms with Crippen LogP contribution < -0.4 is 19.9 Å². The second-order valence-corrected chi connectivity index (χ2v) is 8.49. The highest BCUT2D eigenvalue weighted by atomic mass is 35.5. The van der Waals surface area contributed by atoms with Crippen molar-refractivity contribution in [2.24, 2.45) is 5.73 Å². The molecule has 4 N–H and O–H groups in total. The number of hydrogen-bond donors (Lipinski definition) is 3. The number of halogens is 4. The van der Waals surface area contributed by atoms with Gasteiger partial charge in [0.2, 0.25) is 0 Å². The largest absolute Gasteiger partial charge is 0.573 e. The minimum Gasteiger partial charge on any atom is -0.493 e. The first-order valence-electron chi connectivity index (χ1n) is 9.57. The lowest BCUT2D eigenvalue weighted by atomic mass is 10.1. The third-order valence-electron chi connectivity index (χ3n) is 4.38. The number of nitrogen functional groups attached to an aromatic ring is 1. The Balaban J connectivity index is 0.00000408. The van der Waals surface area contributed by atoms with Crippen LogP contribution in [0.15, 0.2) is 77.7 Å². The third kappa shape index (κ3) is 7.56. The van der Waals surface area contributed by atoms with Crippen LogP contribution in [0, 0.1) is 5.41 Å². The van der Waals surface area contributed by atoms with E-state index in [0.717, 1.165) is 17.7 Å². The predicted molar refractivity (Wildman–Crippen MR) is 124 cm³/mol. The number of nitrogens with one attached hydrogen (secondary N) is 2. The number of nitrogens with two attached hydrogens (primary N) is 1. The van der Waals surface area contributed by atoms with Crippen LogP contribution in [-0.4, -0.2) is 27.2 Å². The SMILES string of the molecule is Cl.N=C(N)c1ccc(CCOc2cccc(NS(=O)(=O)c3ccccc3OC(F)(F)F)c2)cc1. The molecular formula is C22H21ClF3N3O4S. The number of amidine groups is 1. The Kier molecular flexibility index (Phi) is 8.77. The molecule has 34 heavy (non-hydrogen) atoms. The van der Waals surface area contributed by atoms with Crippen LogP contribution in [0.3, 0.4) is 0 Å². The van der Waals surface area contributed by atoms with Crippen LogP contribution in [-0.2, 0) is 16.4 Å². The lowest BCUT2D eigenvalue weighted by Gasteiger charge is -2.15. The van der Waals surface area contributed by atoms with Crippen LogP contribution in [0.1, 0.15) is 11.1 Å². The number of hydrogen-bond acceptors (Lipinski definition) is 5. The molecule has 0 saturated carbocycles. The molecule has 0 amide bonds. The van der Waals surface area contributed by atoms with Crippen LogP contribution in [0.5, 0.6) is 11.5 Å². The first-order valence-corrected chi connectivity index (χ1v) is 11.1. The Hall–Kier alpha value is -3.44. The van der Waals surface area contributed by atoms with E-state index >= 15 is 0 Å². The first-order chi connectivity index (χ1) is 15.5. The van der Waals surface area contributed by atoms with Crippen molar-refractivity contribution in [1.82, 2.24) is 0 Å². The smallest absolute Gasteiger partial charge is 0.493 e. The molecule has 0 unspecified atom stereocenters. The summed E-state index contributed by atoms with van der Waals surface area (Å²) in [5.74, 6) is -0.485. The average molecular weight is 516 g/mol. The molecule has 3 rings (SSSR count). The number of rotatable bonds is 9. The van der Waals surface area contributed by atoms with Crippen LogP contribution in [0.2, 0.25) is 0 Å². The van der Waals surface area contributed by atoms with E-state index in [9.17, 15) is 21.6 Å². The van der Waals surface area contributed by atoms with E-state index < -0.39 is 27.0 Å². The van der Waals surface area contributed by atoms with Gasteiger partial charge in [-0.05, 0) is 29.8 Å². The summed E-state index contributed by atoms with van der Waals surface area (Å²) < 4.78 is 74.9. The zero-order valence-electron chi connectivity index (χ0n) is 17.5. The molecule has 0 aliphatic rings. The molecule has 3 aromatic carbocycles. The van der Waals surface area contributed by atoms with Crippen molar-refractivity contribution < 1.29 is 31.1 Å². The Morgan fingerprint density at radius 1 is 1.00 bits per heavy atom. The maximum Gasteiger partial charge on any atom is 0.573 e. The molecule has 3 aromatic rings. The van der Waals surface area contributed by atoms with Gasteiger partial charge in [0, 0.05) is 18.1 Å². The van der Waals surface area contributed by atoms with E-state index in [4.69, 9.17) is 15.9 Å². The van der Waals surface area contributed by atoms with Gasteiger partial charge in [-0.25, -0.2) is 8.42 Å². The second kappa shape index (κ2) is 11.1. The van der Waals surface area contributed by atoms with Crippen molar-refractivity contribution in [3.8, 4) is 11.5 Å². The van der Waals surface area contributed by atoms with Crippen molar-refractivity contribution >= 4 is 34.0 Å². The van der Waals surface area contributed by atoms with Gasteiger partial charge in [-0.2, -0.15) is 0 Å². The number of ether oxygens (including phenoxy) is 2. The van der Waals surface area contributed by atoms with Gasteiger partial charge in [0.15, 0.2) is 0 Å². The van der Waals surface area contributed by atoms with Gasteiger partial charge in [0.05, 0.1) is 12.3 Å². The normalized spacial score (nSPS) is 11.3. The molecule has 0 aliphatic carbocycles. The molecule has 12 heteroatoms. The maximum absolute atomic E-state index is 12.7. The van der Waals surface area contributed by atoms with E-state index in [0.29, 0.717) is 17.7 Å². The summed E-state index contributed by atoms with van der Waals surface area (Å²) in [6.07, 6.45) is -4.48. The Labute approximate surface area is 200 Å². The molecule has 0 atom stereocenters. The number of sulfonamides is 1. The fourth-order valence-corrected chi connectivity index (χ4v) is 4.06. The summed E-state index contributed by atoms with van der Waals surface area (Å²) in [5, 5.41) is 7.39. The first kappa shape index (κ1) is 26.8. The number of benzene rings is 3. The van der Waals surface area contributed by atoms with E-state index in [1.54, 1.807) is 24.3 Å². The summed E-state index contributed by atoms with van der Waals surface area (Å²) in [7, 11) is -4.37. The van der Waals surface area contributed by atoms with Crippen molar-refractivity contribution in [1.29, 1.82) is 5.41 Å². The van der Waals surface area contributed by atoms with Gasteiger partial charge in [-0.1, -0.05) is 42.5 Å². The van der Waals surface area contributed by atoms with Gasteiger partial charge < -0.3 is 15.2 Å². The molecule has 7 nitrogen and oxygen atoms in total. The lowest BCUT2D eigenvalue weighted by Crippen LogP contribution is -2.20. The zero-order valence-corrected chi connectivity index (χ0v) is 19.1. The maximum atomic E-state index is 12.7. The predicted octanol–water partition coefficient (Wildman–Crippen LogP) is 4.71. The second-order valence-electron chi connectivity index (χ2n) is 6.84. The van der Waals surface area contributed by atoms with Gasteiger partial charge >= 0.3 is 6.36 Å². The molecule has 0 fully saturated rings. The highest BCUT2D eigenvalue weighted by Gasteiger charge is 2.34. The number of anilines is 1. The highest BCUT2D eigenvalue weighted by molar-refractivity contribution is 7.92. The zero-order chi connectivity index (χ0) is 24.1. The molecular weight excluding hydrogens is 495 g/mol. The average Bonchev–Trinajstić information content (AvgIpc) is 2.73. The van der Waals surface area contributed by atoms with Gasteiger partial charge in [0.25, 0.3) is 10.0 Å². The van der Waals surface area contributed by atoms with Gasteiger partial charge in [-0.15, -0.1) is 25.6 Å². The minimum absolute atomic E-state index is 0. The van der Waals surface area contributed by atoms with Crippen LogP contribution in [0.4, 0.5) is 18.9 Å². The van der Waals surface area contributed by atoms with E-state index in [1.165, 1.54) is 24.3 Å². The van der Waals surface area contributed by atoms with E-state index in [-0.39, 0.29) is 30.5 Å². The Morgan fingerprint density at radius 3 is 2.32 bits per heavy atom. The van der Waals surface area contributed by atoms with E-state index in [2.05, 4.69) is 9.46 Å². The fourth-order valence-electron chi connectivity index (χ4n) is 2.88. The summed E-state index contributed by atoms with van der Waals surface area (Å²) in [6, 6.07) is 17.6. The number of para-hydroxylation sites is 1. The highest BCUT2D eigenvalue weighted by Crippen LogP contribution is 2.31. The van der Waals surface area contributed by atoms with E-state index in [1.807, 2.05) is 12.1 Å². The quantitative estimate of drug-likeness (QED) is 0.282. The lowest BCUT2D eigenvalue weighted by molar-refractivity contribution is -0.275. The Morgan fingerprint density at radius 2 is 1.68 bits per heavy atom. The standard InChI is InChI=1S/C22H20F3N3O4S.ClH/c23-22(24,25)32-19-6-1-2-7-20(19)33(29,30)28-17-4-3-5-18(14-17)31-13-12-15-8-10-16(11-9-15)21(26)27;/h1-11,14,28H,12-13H2,(H3,26,27);1H. The van der Waals surface area contributed by atoms with Gasteiger partial charge in [-0.3, -0.25) is 10.1 Å². The monoisotopic (exact) mass is 515 g/mol. The summed E-state index contributed by atoms with van der Waals surface area (Å²) in [6.45, 7) is 0.290. The van der Waals surface area contributed by atoms with Crippen molar-refractivity contribution in [3.05, 3.63) is 83.9 Å². The summed E-state index contributed by atoms with van der Waals surface area (Å²) in [5.41, 5.74) is 7.10. The molecule has 0 spiro atoms. The summed E-state index contributed by atoms with van der Waals surface area (Å²) in [4.78, 5) is -0.650.